The summed E-state index contributed by atoms with van der Waals surface area (Å²) in [5.74, 6) is 1.13. The molecule has 8 heteroatoms. The van der Waals surface area contributed by atoms with Gasteiger partial charge in [-0.05, 0) is 60.5 Å². The Labute approximate surface area is 223 Å². The van der Waals surface area contributed by atoms with Crippen LogP contribution in [-0.4, -0.2) is 48.1 Å². The molecule has 1 fully saturated rings. The Morgan fingerprint density at radius 3 is 2.51 bits per heavy atom. The SMILES string of the molecule is COc1ccc(CCN(C(=O)Cc2cccs2)[C@H](C(=O)NC2CCCCC2)c2cccn2C)cc1OC. The number of nitrogens with one attached hydrogen (secondary N) is 1. The van der Waals surface area contributed by atoms with E-state index in [-0.39, 0.29) is 24.3 Å². The highest BCUT2D eigenvalue weighted by atomic mass is 32.1. The summed E-state index contributed by atoms with van der Waals surface area (Å²) < 4.78 is 12.8. The number of ether oxygens (including phenoxy) is 2. The Morgan fingerprint density at radius 1 is 1.08 bits per heavy atom. The smallest absolute Gasteiger partial charge is 0.249 e. The Kier molecular flexibility index (Phi) is 9.28. The second-order valence-electron chi connectivity index (χ2n) is 9.57. The van der Waals surface area contributed by atoms with Crippen LogP contribution in [0, 0.1) is 0 Å². The van der Waals surface area contributed by atoms with Crippen LogP contribution in [0.15, 0.2) is 54.0 Å². The van der Waals surface area contributed by atoms with Crippen molar-refractivity contribution in [2.24, 2.45) is 7.05 Å². The molecule has 0 bridgehead atoms. The molecule has 7 nitrogen and oxygen atoms in total. The van der Waals surface area contributed by atoms with Crippen LogP contribution in [0.4, 0.5) is 0 Å². The van der Waals surface area contributed by atoms with Gasteiger partial charge >= 0.3 is 0 Å². The van der Waals surface area contributed by atoms with Crippen molar-refractivity contribution in [3.05, 3.63) is 70.2 Å². The highest BCUT2D eigenvalue weighted by Crippen LogP contribution is 2.29. The van der Waals surface area contributed by atoms with Crippen LogP contribution >= 0.6 is 11.3 Å². The van der Waals surface area contributed by atoms with Crippen LogP contribution in [0.5, 0.6) is 11.5 Å². The molecule has 0 spiro atoms. The molecule has 3 aromatic rings. The van der Waals surface area contributed by atoms with E-state index in [0.29, 0.717) is 24.5 Å². The van der Waals surface area contributed by atoms with Crippen LogP contribution < -0.4 is 14.8 Å². The van der Waals surface area contributed by atoms with Crippen molar-refractivity contribution in [1.82, 2.24) is 14.8 Å². The lowest BCUT2D eigenvalue weighted by Crippen LogP contribution is -2.48. The summed E-state index contributed by atoms with van der Waals surface area (Å²) in [7, 11) is 5.14. The lowest BCUT2D eigenvalue weighted by Gasteiger charge is -2.33. The van der Waals surface area contributed by atoms with Gasteiger partial charge in [-0.1, -0.05) is 31.4 Å². The number of aromatic nitrogens is 1. The third-order valence-corrected chi connectivity index (χ3v) is 7.97. The minimum absolute atomic E-state index is 0.0621. The standard InChI is InChI=1S/C29H37N3O4S/c1-31-16-7-12-24(31)28(29(34)30-22-9-5-4-6-10-22)32(27(33)20-23-11-8-18-37-23)17-15-21-13-14-25(35-2)26(19-21)36-3/h7-8,11-14,16,18-19,22,28H,4-6,9-10,15,17,20H2,1-3H3,(H,30,34)/t28-/m0/s1. The maximum Gasteiger partial charge on any atom is 0.249 e. The topological polar surface area (TPSA) is 72.8 Å². The van der Waals surface area contributed by atoms with E-state index in [0.717, 1.165) is 41.8 Å². The van der Waals surface area contributed by atoms with E-state index in [1.807, 2.05) is 65.7 Å². The first-order chi connectivity index (χ1) is 18.0. The van der Waals surface area contributed by atoms with E-state index in [1.165, 1.54) is 6.42 Å². The number of thiophene rings is 1. The highest BCUT2D eigenvalue weighted by molar-refractivity contribution is 7.10. The van der Waals surface area contributed by atoms with Crippen molar-refractivity contribution >= 4 is 23.2 Å². The average molecular weight is 524 g/mol. The largest absolute Gasteiger partial charge is 0.493 e. The van der Waals surface area contributed by atoms with E-state index in [1.54, 1.807) is 30.5 Å². The van der Waals surface area contributed by atoms with Crippen LogP contribution in [0.2, 0.25) is 0 Å². The van der Waals surface area contributed by atoms with Gasteiger partial charge < -0.3 is 24.3 Å². The Hall–Kier alpha value is -3.26. The quantitative estimate of drug-likeness (QED) is 0.388. The first kappa shape index (κ1) is 26.8. The average Bonchev–Trinajstić information content (AvgIpc) is 3.58. The summed E-state index contributed by atoms with van der Waals surface area (Å²) in [6.45, 7) is 0.396. The zero-order chi connectivity index (χ0) is 26.2. The van der Waals surface area contributed by atoms with Gasteiger partial charge in [-0.25, -0.2) is 0 Å². The summed E-state index contributed by atoms with van der Waals surface area (Å²) in [6, 6.07) is 13.0. The maximum atomic E-state index is 13.9. The second-order valence-corrected chi connectivity index (χ2v) is 10.6. The van der Waals surface area contributed by atoms with Gasteiger partial charge in [0.05, 0.1) is 20.6 Å². The monoisotopic (exact) mass is 523 g/mol. The van der Waals surface area contributed by atoms with Crippen molar-refractivity contribution in [3.63, 3.8) is 0 Å². The molecule has 1 aliphatic rings. The number of carbonyl (C=O) groups excluding carboxylic acids is 2. The highest BCUT2D eigenvalue weighted by Gasteiger charge is 2.34. The van der Waals surface area contributed by atoms with Crippen molar-refractivity contribution in [1.29, 1.82) is 0 Å². The molecule has 2 amide bonds. The molecular formula is C29H37N3O4S. The molecule has 1 saturated carbocycles. The molecule has 1 aromatic carbocycles. The summed E-state index contributed by atoms with van der Waals surface area (Å²) in [6.07, 6.45) is 8.20. The van der Waals surface area contributed by atoms with Crippen molar-refractivity contribution in [2.45, 2.75) is 57.0 Å². The summed E-state index contributed by atoms with van der Waals surface area (Å²) in [4.78, 5) is 30.4. The number of methoxy groups -OCH3 is 2. The van der Waals surface area contributed by atoms with Crippen LogP contribution in [0.3, 0.4) is 0 Å². The summed E-state index contributed by atoms with van der Waals surface area (Å²) in [5, 5.41) is 5.25. The van der Waals surface area contributed by atoms with Gasteiger partial charge in [-0.2, -0.15) is 0 Å². The molecule has 198 valence electrons. The predicted octanol–water partition coefficient (Wildman–Crippen LogP) is 4.91. The molecule has 1 N–H and O–H groups in total. The molecule has 2 heterocycles. The number of hydrogen-bond acceptors (Lipinski definition) is 5. The van der Waals surface area contributed by atoms with E-state index in [9.17, 15) is 9.59 Å². The number of carbonyl (C=O) groups is 2. The van der Waals surface area contributed by atoms with Crippen LogP contribution in [0.25, 0.3) is 0 Å². The first-order valence-corrected chi connectivity index (χ1v) is 13.8. The van der Waals surface area contributed by atoms with Gasteiger partial charge in [0.25, 0.3) is 0 Å². The lowest BCUT2D eigenvalue weighted by molar-refractivity contribution is -0.141. The number of rotatable bonds is 11. The number of amides is 2. The third kappa shape index (κ3) is 6.74. The molecular weight excluding hydrogens is 486 g/mol. The molecule has 1 aliphatic carbocycles. The zero-order valence-electron chi connectivity index (χ0n) is 21.9. The molecule has 0 radical (unpaired) electrons. The molecule has 0 unspecified atom stereocenters. The van der Waals surface area contributed by atoms with Crippen molar-refractivity contribution in [3.8, 4) is 11.5 Å². The fraction of sp³-hybridized carbons (Fsp3) is 0.448. The number of aryl methyl sites for hydroxylation is 1. The van der Waals surface area contributed by atoms with Crippen molar-refractivity contribution < 1.29 is 19.1 Å². The summed E-state index contributed by atoms with van der Waals surface area (Å²) in [5.41, 5.74) is 1.81. The van der Waals surface area contributed by atoms with E-state index in [2.05, 4.69) is 5.32 Å². The minimum atomic E-state index is -0.713. The zero-order valence-corrected chi connectivity index (χ0v) is 22.8. The lowest BCUT2D eigenvalue weighted by atomic mass is 9.95. The third-order valence-electron chi connectivity index (χ3n) is 7.09. The Morgan fingerprint density at radius 2 is 1.86 bits per heavy atom. The first-order valence-electron chi connectivity index (χ1n) is 12.9. The van der Waals surface area contributed by atoms with Gasteiger partial charge in [0.2, 0.25) is 11.8 Å². The molecule has 4 rings (SSSR count). The minimum Gasteiger partial charge on any atom is -0.493 e. The molecule has 37 heavy (non-hydrogen) atoms. The van der Waals surface area contributed by atoms with Gasteiger partial charge in [0.15, 0.2) is 17.5 Å². The van der Waals surface area contributed by atoms with Gasteiger partial charge in [0.1, 0.15) is 0 Å². The van der Waals surface area contributed by atoms with Gasteiger partial charge in [-0.15, -0.1) is 11.3 Å². The molecule has 0 aliphatic heterocycles. The fourth-order valence-corrected chi connectivity index (χ4v) is 5.76. The van der Waals surface area contributed by atoms with Gasteiger partial charge in [-0.3, -0.25) is 9.59 Å². The Balaban J connectivity index is 1.63. The van der Waals surface area contributed by atoms with Crippen molar-refractivity contribution in [2.75, 3.05) is 20.8 Å². The molecule has 1 atom stereocenters. The molecule has 2 aromatic heterocycles. The number of hydrogen-bond donors (Lipinski definition) is 1. The normalized spacial score (nSPS) is 14.7. The Bertz CT molecular complexity index is 1170. The van der Waals surface area contributed by atoms with E-state index < -0.39 is 6.04 Å². The fourth-order valence-electron chi connectivity index (χ4n) is 5.07. The van der Waals surface area contributed by atoms with E-state index >= 15 is 0 Å². The van der Waals surface area contributed by atoms with Crippen LogP contribution in [-0.2, 0) is 29.5 Å². The second kappa shape index (κ2) is 12.8. The van der Waals surface area contributed by atoms with Gasteiger partial charge in [0, 0.05) is 36.4 Å². The maximum absolute atomic E-state index is 13.9. The van der Waals surface area contributed by atoms with E-state index in [4.69, 9.17) is 9.47 Å². The van der Waals surface area contributed by atoms with Crippen LogP contribution in [0.1, 0.15) is 54.3 Å². The summed E-state index contributed by atoms with van der Waals surface area (Å²) >= 11 is 1.56. The number of benzene rings is 1. The predicted molar refractivity (Wildman–Crippen MR) is 146 cm³/mol. The molecule has 0 saturated heterocycles. The number of nitrogens with zero attached hydrogens (tertiary/aromatic N) is 2.